The summed E-state index contributed by atoms with van der Waals surface area (Å²) in [6, 6.07) is 0. The molecule has 0 radical (unpaired) electrons. The molecular formula is C7H6N4O3S. The Morgan fingerprint density at radius 2 is 2.47 bits per heavy atom. The topological polar surface area (TPSA) is 105 Å². The molecule has 7 nitrogen and oxygen atoms in total. The largest absolute Gasteiger partial charge is 0.481 e. The van der Waals surface area contributed by atoms with E-state index in [1.54, 1.807) is 12.4 Å². The molecule has 15 heavy (non-hydrogen) atoms. The first-order valence-electron chi connectivity index (χ1n) is 3.93. The van der Waals surface area contributed by atoms with Gasteiger partial charge in [0.2, 0.25) is 0 Å². The lowest BCUT2D eigenvalue weighted by Gasteiger charge is -1.88. The number of carbonyl (C=O) groups is 1. The minimum Gasteiger partial charge on any atom is -0.481 e. The van der Waals surface area contributed by atoms with E-state index >= 15 is 0 Å². The van der Waals surface area contributed by atoms with Gasteiger partial charge in [-0.15, -0.1) is 10.2 Å². The fraction of sp³-hybridized carbons (Fsp3) is 0.143. The number of nitrogens with zero attached hydrogens (tertiary/aromatic N) is 3. The number of hydrogen-bond donors (Lipinski definition) is 2. The number of H-pyrrole nitrogens is 1. The summed E-state index contributed by atoms with van der Waals surface area (Å²) in [5.74, 6) is -0.716. The molecule has 78 valence electrons. The van der Waals surface area contributed by atoms with E-state index in [-0.39, 0.29) is 11.0 Å². The number of aromatic nitrogens is 4. The molecule has 2 aromatic heterocycles. The van der Waals surface area contributed by atoms with Crippen molar-refractivity contribution in [1.82, 2.24) is 20.4 Å². The van der Waals surface area contributed by atoms with Crippen molar-refractivity contribution in [3.8, 4) is 11.5 Å². The van der Waals surface area contributed by atoms with Gasteiger partial charge in [-0.2, -0.15) is 5.10 Å². The van der Waals surface area contributed by atoms with Gasteiger partial charge in [-0.3, -0.25) is 9.89 Å². The first kappa shape index (κ1) is 9.71. The number of carboxylic acid groups (broad SMARTS) is 1. The molecule has 0 saturated carbocycles. The minimum atomic E-state index is -0.928. The van der Waals surface area contributed by atoms with Gasteiger partial charge in [-0.05, 0) is 0 Å². The summed E-state index contributed by atoms with van der Waals surface area (Å²) >= 11 is 0.976. The van der Waals surface area contributed by atoms with E-state index in [0.717, 1.165) is 11.8 Å². The van der Waals surface area contributed by atoms with Crippen LogP contribution in [0.25, 0.3) is 11.5 Å². The van der Waals surface area contributed by atoms with Crippen LogP contribution < -0.4 is 0 Å². The zero-order chi connectivity index (χ0) is 10.7. The van der Waals surface area contributed by atoms with Crippen LogP contribution in [-0.2, 0) is 4.79 Å². The normalized spacial score (nSPS) is 10.4. The van der Waals surface area contributed by atoms with Crippen molar-refractivity contribution >= 4 is 17.7 Å². The summed E-state index contributed by atoms with van der Waals surface area (Å²) in [6.07, 6.45) is 3.15. The second-order valence-electron chi connectivity index (χ2n) is 2.54. The summed E-state index contributed by atoms with van der Waals surface area (Å²) in [7, 11) is 0. The highest BCUT2D eigenvalue weighted by Gasteiger charge is 2.10. The predicted octanol–water partition coefficient (Wildman–Crippen LogP) is 0.636. The van der Waals surface area contributed by atoms with E-state index in [2.05, 4.69) is 20.4 Å². The van der Waals surface area contributed by atoms with E-state index in [0.29, 0.717) is 11.5 Å². The number of aliphatic carboxylic acids is 1. The monoisotopic (exact) mass is 226 g/mol. The zero-order valence-electron chi connectivity index (χ0n) is 7.38. The third-order valence-electron chi connectivity index (χ3n) is 1.47. The fourth-order valence-corrected chi connectivity index (χ4v) is 1.36. The molecular weight excluding hydrogens is 220 g/mol. The van der Waals surface area contributed by atoms with Crippen molar-refractivity contribution in [2.45, 2.75) is 5.22 Å². The third kappa shape index (κ3) is 2.34. The Morgan fingerprint density at radius 1 is 1.60 bits per heavy atom. The number of hydrogen-bond acceptors (Lipinski definition) is 6. The molecule has 0 unspecified atom stereocenters. The molecule has 2 rings (SSSR count). The van der Waals surface area contributed by atoms with Crippen molar-refractivity contribution in [1.29, 1.82) is 0 Å². The van der Waals surface area contributed by atoms with Gasteiger partial charge in [0.15, 0.2) is 0 Å². The number of carboxylic acids is 1. The van der Waals surface area contributed by atoms with Gasteiger partial charge in [0.1, 0.15) is 5.75 Å². The fourth-order valence-electron chi connectivity index (χ4n) is 0.876. The van der Waals surface area contributed by atoms with Crippen LogP contribution in [0.4, 0.5) is 0 Å². The lowest BCUT2D eigenvalue weighted by molar-refractivity contribution is -0.133. The Balaban J connectivity index is 2.08. The second-order valence-corrected chi connectivity index (χ2v) is 3.47. The molecule has 0 aliphatic heterocycles. The summed E-state index contributed by atoms with van der Waals surface area (Å²) in [5, 5.41) is 22.4. The standard InChI is InChI=1S/C7H6N4O3S/c12-5(13)3-15-7-11-10-6(14-7)4-1-8-9-2-4/h1-2H,3H2,(H,8,9)(H,12,13). The molecule has 0 amide bonds. The Bertz CT molecular complexity index is 453. The van der Waals surface area contributed by atoms with Gasteiger partial charge < -0.3 is 9.52 Å². The van der Waals surface area contributed by atoms with Crippen LogP contribution in [0.5, 0.6) is 0 Å². The van der Waals surface area contributed by atoms with Gasteiger partial charge in [-0.1, -0.05) is 11.8 Å². The molecule has 8 heteroatoms. The van der Waals surface area contributed by atoms with Gasteiger partial charge in [0, 0.05) is 6.20 Å². The molecule has 0 atom stereocenters. The average molecular weight is 226 g/mol. The van der Waals surface area contributed by atoms with E-state index in [4.69, 9.17) is 9.52 Å². The van der Waals surface area contributed by atoms with Crippen LogP contribution in [0.15, 0.2) is 22.0 Å². The molecule has 0 bridgehead atoms. The molecule has 0 spiro atoms. The van der Waals surface area contributed by atoms with E-state index < -0.39 is 5.97 Å². The maximum Gasteiger partial charge on any atom is 0.314 e. The molecule has 0 fully saturated rings. The zero-order valence-corrected chi connectivity index (χ0v) is 8.19. The van der Waals surface area contributed by atoms with Gasteiger partial charge in [-0.25, -0.2) is 0 Å². The lowest BCUT2D eigenvalue weighted by atomic mass is 10.4. The van der Waals surface area contributed by atoms with Crippen molar-refractivity contribution in [3.63, 3.8) is 0 Å². The third-order valence-corrected chi connectivity index (χ3v) is 2.27. The van der Waals surface area contributed by atoms with Gasteiger partial charge in [0.25, 0.3) is 11.1 Å². The molecule has 0 aliphatic carbocycles. The molecule has 2 N–H and O–H groups in total. The number of rotatable bonds is 4. The number of aromatic amines is 1. The first-order valence-corrected chi connectivity index (χ1v) is 4.91. The summed E-state index contributed by atoms with van der Waals surface area (Å²) in [6.45, 7) is 0. The van der Waals surface area contributed by atoms with Crippen molar-refractivity contribution in [2.75, 3.05) is 5.75 Å². The first-order chi connectivity index (χ1) is 7.25. The Kier molecular flexibility index (Phi) is 2.68. The maximum absolute atomic E-state index is 10.3. The van der Waals surface area contributed by atoms with E-state index in [1.807, 2.05) is 0 Å². The highest BCUT2D eigenvalue weighted by Crippen LogP contribution is 2.21. The molecule has 2 aromatic rings. The minimum absolute atomic E-state index is 0.104. The lowest BCUT2D eigenvalue weighted by Crippen LogP contribution is -1.97. The van der Waals surface area contributed by atoms with E-state index in [1.165, 1.54) is 0 Å². The molecule has 0 saturated heterocycles. The van der Waals surface area contributed by atoms with Crippen molar-refractivity contribution < 1.29 is 14.3 Å². The van der Waals surface area contributed by atoms with Crippen LogP contribution in [0.1, 0.15) is 0 Å². The quantitative estimate of drug-likeness (QED) is 0.737. The molecule has 0 aromatic carbocycles. The Morgan fingerprint density at radius 3 is 3.13 bits per heavy atom. The maximum atomic E-state index is 10.3. The Labute approximate surface area is 87.9 Å². The average Bonchev–Trinajstić information content (AvgIpc) is 2.85. The van der Waals surface area contributed by atoms with Crippen LogP contribution >= 0.6 is 11.8 Å². The van der Waals surface area contributed by atoms with Gasteiger partial charge in [0.05, 0.1) is 11.8 Å². The molecule has 2 heterocycles. The van der Waals surface area contributed by atoms with Gasteiger partial charge >= 0.3 is 5.97 Å². The highest BCUT2D eigenvalue weighted by molar-refractivity contribution is 7.99. The van der Waals surface area contributed by atoms with Crippen LogP contribution in [0, 0.1) is 0 Å². The highest BCUT2D eigenvalue weighted by atomic mass is 32.2. The number of nitrogens with one attached hydrogen (secondary N) is 1. The van der Waals surface area contributed by atoms with Crippen molar-refractivity contribution in [3.05, 3.63) is 12.4 Å². The second kappa shape index (κ2) is 4.13. The smallest absolute Gasteiger partial charge is 0.314 e. The Hall–Kier alpha value is -1.83. The summed E-state index contributed by atoms with van der Waals surface area (Å²) in [4.78, 5) is 10.3. The molecule has 0 aliphatic rings. The summed E-state index contributed by atoms with van der Waals surface area (Å²) < 4.78 is 5.20. The predicted molar refractivity (Wildman–Crippen MR) is 50.2 cm³/mol. The van der Waals surface area contributed by atoms with E-state index in [9.17, 15) is 4.79 Å². The number of thioether (sulfide) groups is 1. The summed E-state index contributed by atoms with van der Waals surface area (Å²) in [5.41, 5.74) is 0.671. The van der Waals surface area contributed by atoms with Crippen LogP contribution in [-0.4, -0.2) is 37.2 Å². The van der Waals surface area contributed by atoms with Crippen LogP contribution in [0.3, 0.4) is 0 Å². The SMILES string of the molecule is O=C(O)CSc1nnc(-c2cn[nH]c2)o1. The van der Waals surface area contributed by atoms with Crippen molar-refractivity contribution in [2.24, 2.45) is 0 Å². The van der Waals surface area contributed by atoms with Crippen LogP contribution in [0.2, 0.25) is 0 Å².